The molecular weight excluding hydrogens is 226 g/mol. The van der Waals surface area contributed by atoms with E-state index in [0.29, 0.717) is 0 Å². The van der Waals surface area contributed by atoms with Crippen molar-refractivity contribution in [1.82, 2.24) is 5.32 Å². The maximum atomic E-state index is 10.4. The molecule has 0 heterocycles. The Labute approximate surface area is 96.4 Å². The van der Waals surface area contributed by atoms with E-state index in [2.05, 4.69) is 5.32 Å². The number of hydrogen-bond donors (Lipinski definition) is 1. The Balaban J connectivity index is 2.29. The first-order valence-corrected chi connectivity index (χ1v) is 6.76. The van der Waals surface area contributed by atoms with Crippen LogP contribution in [0.25, 0.3) is 0 Å². The highest BCUT2D eigenvalue weighted by Crippen LogP contribution is 2.02. The van der Waals surface area contributed by atoms with E-state index in [9.17, 15) is 13.0 Å². The van der Waals surface area contributed by atoms with Crippen LogP contribution in [0.1, 0.15) is 12.5 Å². The maximum absolute atomic E-state index is 10.4. The predicted octanol–water partition coefficient (Wildman–Crippen LogP) is 0.752. The maximum Gasteiger partial charge on any atom is 0.0958 e. The van der Waals surface area contributed by atoms with E-state index >= 15 is 0 Å². The Hall–Kier alpha value is -0.910. The van der Waals surface area contributed by atoms with Crippen molar-refractivity contribution in [2.24, 2.45) is 0 Å². The van der Waals surface area contributed by atoms with Crippen LogP contribution in [0.4, 0.5) is 0 Å². The van der Waals surface area contributed by atoms with Gasteiger partial charge in [-0.05, 0) is 18.9 Å². The van der Waals surface area contributed by atoms with Gasteiger partial charge in [0, 0.05) is 12.6 Å². The second-order valence-electron chi connectivity index (χ2n) is 3.81. The quantitative estimate of drug-likeness (QED) is 0.747. The number of hydrogen-bond acceptors (Lipinski definition) is 4. The lowest BCUT2D eigenvalue weighted by Gasteiger charge is -2.14. The van der Waals surface area contributed by atoms with Crippen LogP contribution >= 0.6 is 0 Å². The van der Waals surface area contributed by atoms with Crippen molar-refractivity contribution in [1.29, 1.82) is 0 Å². The fourth-order valence-corrected chi connectivity index (χ4v) is 1.84. The normalized spacial score (nSPS) is 13.6. The molecule has 0 saturated carbocycles. The van der Waals surface area contributed by atoms with Gasteiger partial charge in [0.1, 0.15) is 0 Å². The van der Waals surface area contributed by atoms with E-state index < -0.39 is 10.1 Å². The monoisotopic (exact) mass is 242 g/mol. The van der Waals surface area contributed by atoms with Crippen LogP contribution in [0, 0.1) is 0 Å². The lowest BCUT2D eigenvalue weighted by molar-refractivity contribution is 0.458. The molecule has 0 amide bonds. The summed E-state index contributed by atoms with van der Waals surface area (Å²) in [5.74, 6) is -0.355. The van der Waals surface area contributed by atoms with Gasteiger partial charge in [0.15, 0.2) is 0 Å². The van der Waals surface area contributed by atoms with Gasteiger partial charge < -0.3 is 9.87 Å². The van der Waals surface area contributed by atoms with Gasteiger partial charge in [0.25, 0.3) is 0 Å². The molecule has 16 heavy (non-hydrogen) atoms. The van der Waals surface area contributed by atoms with E-state index in [0.717, 1.165) is 6.42 Å². The van der Waals surface area contributed by atoms with Gasteiger partial charge in [-0.15, -0.1) is 0 Å². The molecule has 0 aromatic heterocycles. The number of nitrogens with one attached hydrogen (secondary N) is 1. The molecule has 5 heteroatoms. The zero-order valence-corrected chi connectivity index (χ0v) is 10.0. The Kier molecular flexibility index (Phi) is 4.92. The first kappa shape index (κ1) is 13.2. The van der Waals surface area contributed by atoms with Crippen LogP contribution in [0.5, 0.6) is 0 Å². The molecule has 1 N–H and O–H groups in total. The minimum Gasteiger partial charge on any atom is -0.748 e. The van der Waals surface area contributed by atoms with Gasteiger partial charge in [-0.25, -0.2) is 8.42 Å². The van der Waals surface area contributed by atoms with E-state index in [-0.39, 0.29) is 18.3 Å². The molecule has 1 aromatic carbocycles. The van der Waals surface area contributed by atoms with Crippen molar-refractivity contribution in [2.45, 2.75) is 19.4 Å². The molecule has 1 atom stereocenters. The molecule has 0 aliphatic rings. The van der Waals surface area contributed by atoms with Gasteiger partial charge in [-0.1, -0.05) is 30.3 Å². The summed E-state index contributed by atoms with van der Waals surface area (Å²) in [5.41, 5.74) is 1.19. The molecule has 0 bridgehead atoms. The van der Waals surface area contributed by atoms with Crippen LogP contribution in [-0.2, 0) is 16.5 Å². The molecule has 1 aromatic rings. The van der Waals surface area contributed by atoms with Crippen LogP contribution in [0.15, 0.2) is 30.3 Å². The summed E-state index contributed by atoms with van der Waals surface area (Å²) in [7, 11) is -4.11. The summed E-state index contributed by atoms with van der Waals surface area (Å²) in [6, 6.07) is 10.1. The number of rotatable bonds is 6. The Bertz CT molecular complexity index is 402. The van der Waals surface area contributed by atoms with E-state index in [1.165, 1.54) is 5.56 Å². The van der Waals surface area contributed by atoms with Crippen LogP contribution in [0.2, 0.25) is 0 Å². The van der Waals surface area contributed by atoms with Gasteiger partial charge in [-0.3, -0.25) is 0 Å². The molecule has 0 saturated heterocycles. The van der Waals surface area contributed by atoms with E-state index in [4.69, 9.17) is 0 Å². The molecule has 0 aliphatic carbocycles. The average molecular weight is 242 g/mol. The third-order valence-corrected chi connectivity index (χ3v) is 2.93. The minimum absolute atomic E-state index is 0.157. The smallest absolute Gasteiger partial charge is 0.0958 e. The third kappa shape index (κ3) is 5.85. The summed E-state index contributed by atoms with van der Waals surface area (Å²) < 4.78 is 31.1. The van der Waals surface area contributed by atoms with Gasteiger partial charge >= 0.3 is 0 Å². The zero-order valence-electron chi connectivity index (χ0n) is 9.22. The molecule has 90 valence electrons. The Morgan fingerprint density at radius 1 is 1.31 bits per heavy atom. The third-order valence-electron chi connectivity index (χ3n) is 2.23. The SMILES string of the molecule is CC(Cc1ccccc1)NCCS(=O)(=O)[O-]. The van der Waals surface area contributed by atoms with Crippen LogP contribution in [0.3, 0.4) is 0 Å². The standard InChI is InChI=1S/C11H17NO3S/c1-10(12-7-8-16(13,14)15)9-11-5-3-2-4-6-11/h2-6,10,12H,7-9H2,1H3,(H,13,14,15)/p-1. The molecule has 1 rings (SSSR count). The highest BCUT2D eigenvalue weighted by atomic mass is 32.2. The molecule has 1 unspecified atom stereocenters. The van der Waals surface area contributed by atoms with Crippen molar-refractivity contribution in [3.63, 3.8) is 0 Å². The van der Waals surface area contributed by atoms with E-state index in [1.54, 1.807) is 0 Å². The van der Waals surface area contributed by atoms with Crippen molar-refractivity contribution < 1.29 is 13.0 Å². The molecule has 0 radical (unpaired) electrons. The van der Waals surface area contributed by atoms with Crippen molar-refractivity contribution in [2.75, 3.05) is 12.3 Å². The summed E-state index contributed by atoms with van der Waals surface area (Å²) in [6.45, 7) is 2.17. The average Bonchev–Trinajstić information content (AvgIpc) is 2.17. The topological polar surface area (TPSA) is 69.2 Å². The summed E-state index contributed by atoms with van der Waals surface area (Å²) in [5, 5.41) is 3.01. The van der Waals surface area contributed by atoms with Crippen LogP contribution < -0.4 is 5.32 Å². The van der Waals surface area contributed by atoms with E-state index in [1.807, 2.05) is 37.3 Å². The van der Waals surface area contributed by atoms with Crippen LogP contribution in [-0.4, -0.2) is 31.3 Å². The minimum atomic E-state index is -4.11. The summed E-state index contributed by atoms with van der Waals surface area (Å²) in [6.07, 6.45) is 0.819. The number of benzene rings is 1. The van der Waals surface area contributed by atoms with Crippen molar-refractivity contribution in [3.8, 4) is 0 Å². The highest BCUT2D eigenvalue weighted by molar-refractivity contribution is 7.85. The summed E-state index contributed by atoms with van der Waals surface area (Å²) in [4.78, 5) is 0. The molecule has 0 aliphatic heterocycles. The Morgan fingerprint density at radius 2 is 1.94 bits per heavy atom. The molecule has 0 fully saturated rings. The summed E-state index contributed by atoms with van der Waals surface area (Å²) >= 11 is 0. The first-order valence-electron chi connectivity index (χ1n) is 5.18. The lowest BCUT2D eigenvalue weighted by atomic mass is 10.1. The second-order valence-corrected chi connectivity index (χ2v) is 5.33. The highest BCUT2D eigenvalue weighted by Gasteiger charge is 2.03. The predicted molar refractivity (Wildman–Crippen MR) is 62.2 cm³/mol. The van der Waals surface area contributed by atoms with Gasteiger partial charge in [-0.2, -0.15) is 0 Å². The van der Waals surface area contributed by atoms with Gasteiger partial charge in [0.2, 0.25) is 0 Å². The zero-order chi connectivity index (χ0) is 12.0. The van der Waals surface area contributed by atoms with Gasteiger partial charge in [0.05, 0.1) is 15.9 Å². The lowest BCUT2D eigenvalue weighted by Crippen LogP contribution is -2.32. The largest absolute Gasteiger partial charge is 0.748 e. The molecule has 0 spiro atoms. The molecule has 4 nitrogen and oxygen atoms in total. The second kappa shape index (κ2) is 5.98. The fraction of sp³-hybridized carbons (Fsp3) is 0.455. The molecular formula is C11H16NO3S-. The Morgan fingerprint density at radius 3 is 2.50 bits per heavy atom. The fourth-order valence-electron chi connectivity index (χ4n) is 1.47. The first-order chi connectivity index (χ1) is 7.47. The van der Waals surface area contributed by atoms with Crippen molar-refractivity contribution in [3.05, 3.63) is 35.9 Å². The van der Waals surface area contributed by atoms with Crippen molar-refractivity contribution >= 4 is 10.1 Å².